The summed E-state index contributed by atoms with van der Waals surface area (Å²) in [6.07, 6.45) is 0. The highest BCUT2D eigenvalue weighted by Crippen LogP contribution is 2.17. The third-order valence-corrected chi connectivity index (χ3v) is 2.60. The Morgan fingerprint density at radius 3 is 2.68 bits per heavy atom. The molecule has 5 nitrogen and oxygen atoms in total. The van der Waals surface area contributed by atoms with Gasteiger partial charge in [-0.2, -0.15) is 0 Å². The Morgan fingerprint density at radius 1 is 1.42 bits per heavy atom. The van der Waals surface area contributed by atoms with Gasteiger partial charge in [0.25, 0.3) is 0 Å². The summed E-state index contributed by atoms with van der Waals surface area (Å²) in [6, 6.07) is 3.67. The molecule has 0 saturated heterocycles. The highest BCUT2D eigenvalue weighted by atomic mass is 19.1. The summed E-state index contributed by atoms with van der Waals surface area (Å²) in [7, 11) is 2.96. The minimum atomic E-state index is -0.599. The van der Waals surface area contributed by atoms with E-state index in [1.165, 1.54) is 19.2 Å². The maximum atomic E-state index is 13.6. The van der Waals surface area contributed by atoms with Crippen molar-refractivity contribution in [3.05, 3.63) is 29.6 Å². The maximum absolute atomic E-state index is 13.6. The van der Waals surface area contributed by atoms with Crippen LogP contribution in [0, 0.1) is 11.7 Å². The number of carbonyl (C=O) groups excluding carboxylic acids is 2. The Morgan fingerprint density at radius 2 is 2.11 bits per heavy atom. The fourth-order valence-corrected chi connectivity index (χ4v) is 1.52. The number of ether oxygens (including phenoxy) is 1. The van der Waals surface area contributed by atoms with Crippen molar-refractivity contribution in [1.82, 2.24) is 5.32 Å². The summed E-state index contributed by atoms with van der Waals surface area (Å²) in [5.41, 5.74) is 0.149. The lowest BCUT2D eigenvalue weighted by Crippen LogP contribution is -2.29. The fraction of sp³-hybridized carbons (Fsp3) is 0.385. The second-order valence-corrected chi connectivity index (χ2v) is 4.13. The van der Waals surface area contributed by atoms with Crippen molar-refractivity contribution in [3.8, 4) is 0 Å². The van der Waals surface area contributed by atoms with Crippen molar-refractivity contribution in [2.45, 2.75) is 6.92 Å². The monoisotopic (exact) mass is 268 g/mol. The van der Waals surface area contributed by atoms with E-state index in [1.807, 2.05) is 0 Å². The summed E-state index contributed by atoms with van der Waals surface area (Å²) in [5.74, 6) is -1.82. The van der Waals surface area contributed by atoms with Crippen LogP contribution in [0.5, 0.6) is 0 Å². The largest absolute Gasteiger partial charge is 0.465 e. The molecule has 1 rings (SSSR count). The van der Waals surface area contributed by atoms with E-state index in [4.69, 9.17) is 0 Å². The molecule has 2 N–H and O–H groups in total. The molecule has 1 aromatic carbocycles. The molecule has 104 valence electrons. The van der Waals surface area contributed by atoms with Gasteiger partial charge < -0.3 is 15.4 Å². The number of anilines is 1. The highest BCUT2D eigenvalue weighted by Gasteiger charge is 2.15. The van der Waals surface area contributed by atoms with Crippen LogP contribution in [0.25, 0.3) is 0 Å². The van der Waals surface area contributed by atoms with Crippen molar-refractivity contribution in [2.75, 3.05) is 26.0 Å². The molecule has 0 aliphatic carbocycles. The molecule has 0 bridgehead atoms. The second-order valence-electron chi connectivity index (χ2n) is 4.13. The number of nitrogens with one attached hydrogen (secondary N) is 2. The van der Waals surface area contributed by atoms with Crippen molar-refractivity contribution >= 4 is 17.6 Å². The van der Waals surface area contributed by atoms with E-state index in [9.17, 15) is 14.0 Å². The molecule has 6 heteroatoms. The summed E-state index contributed by atoms with van der Waals surface area (Å²) < 4.78 is 18.1. The Bertz CT molecular complexity index is 477. The van der Waals surface area contributed by atoms with Gasteiger partial charge in [0.05, 0.1) is 18.4 Å². The first-order chi connectivity index (χ1) is 8.99. The number of methoxy groups -OCH3 is 1. The van der Waals surface area contributed by atoms with Gasteiger partial charge in [-0.3, -0.25) is 4.79 Å². The summed E-state index contributed by atoms with van der Waals surface area (Å²) in [6.45, 7) is 2.19. The SMILES string of the molecule is CNCC(C)C(=O)Nc1cc(C(=O)OC)ccc1F. The van der Waals surface area contributed by atoms with Gasteiger partial charge >= 0.3 is 5.97 Å². The predicted molar refractivity (Wildman–Crippen MR) is 69.5 cm³/mol. The number of halogens is 1. The zero-order chi connectivity index (χ0) is 14.4. The lowest BCUT2D eigenvalue weighted by molar-refractivity contribution is -0.119. The number of benzene rings is 1. The minimum absolute atomic E-state index is 0.0316. The van der Waals surface area contributed by atoms with Crippen molar-refractivity contribution < 1.29 is 18.7 Å². The maximum Gasteiger partial charge on any atom is 0.337 e. The molecule has 0 aliphatic heterocycles. The molecular weight excluding hydrogens is 251 g/mol. The standard InChI is InChI=1S/C13H17FN2O3/c1-8(7-15-2)12(17)16-11-6-9(13(18)19-3)4-5-10(11)14/h4-6,8,15H,7H2,1-3H3,(H,16,17). The van der Waals surface area contributed by atoms with Gasteiger partial charge in [-0.05, 0) is 25.2 Å². The van der Waals surface area contributed by atoms with Crippen molar-refractivity contribution in [3.63, 3.8) is 0 Å². The zero-order valence-corrected chi connectivity index (χ0v) is 11.1. The molecule has 1 unspecified atom stereocenters. The average Bonchev–Trinajstić information content (AvgIpc) is 2.40. The van der Waals surface area contributed by atoms with Crippen LogP contribution in [0.2, 0.25) is 0 Å². The Hall–Kier alpha value is -1.95. The molecule has 0 spiro atoms. The molecular formula is C13H17FN2O3. The Balaban J connectivity index is 2.88. The Labute approximate surface area is 111 Å². The summed E-state index contributed by atoms with van der Waals surface area (Å²) in [5, 5.41) is 5.31. The second kappa shape index (κ2) is 6.84. The third kappa shape index (κ3) is 4.03. The number of hydrogen-bond donors (Lipinski definition) is 2. The van der Waals surface area contributed by atoms with Crippen LogP contribution >= 0.6 is 0 Å². The number of rotatable bonds is 5. The van der Waals surface area contributed by atoms with E-state index in [-0.39, 0.29) is 23.1 Å². The van der Waals surface area contributed by atoms with Gasteiger partial charge in [0, 0.05) is 12.5 Å². The number of esters is 1. The van der Waals surface area contributed by atoms with Crippen molar-refractivity contribution in [2.24, 2.45) is 5.92 Å². The van der Waals surface area contributed by atoms with Crippen molar-refractivity contribution in [1.29, 1.82) is 0 Å². The summed E-state index contributed by atoms with van der Waals surface area (Å²) in [4.78, 5) is 23.1. The molecule has 0 fully saturated rings. The topological polar surface area (TPSA) is 67.4 Å². The van der Waals surface area contributed by atoms with Gasteiger partial charge in [-0.1, -0.05) is 6.92 Å². The van der Waals surface area contributed by atoms with Crippen LogP contribution in [0.3, 0.4) is 0 Å². The van der Waals surface area contributed by atoms with Crippen LogP contribution in [-0.4, -0.2) is 32.6 Å². The van der Waals surface area contributed by atoms with E-state index >= 15 is 0 Å². The fourth-order valence-electron chi connectivity index (χ4n) is 1.52. The lowest BCUT2D eigenvalue weighted by Gasteiger charge is -2.12. The highest BCUT2D eigenvalue weighted by molar-refractivity contribution is 5.95. The molecule has 19 heavy (non-hydrogen) atoms. The van der Waals surface area contributed by atoms with Gasteiger partial charge in [-0.25, -0.2) is 9.18 Å². The number of hydrogen-bond acceptors (Lipinski definition) is 4. The molecule has 0 aliphatic rings. The zero-order valence-electron chi connectivity index (χ0n) is 11.1. The third-order valence-electron chi connectivity index (χ3n) is 2.60. The summed E-state index contributed by atoms with van der Waals surface area (Å²) >= 11 is 0. The van der Waals surface area contributed by atoms with Gasteiger partial charge in [0.1, 0.15) is 5.82 Å². The number of amides is 1. The molecule has 1 atom stereocenters. The van der Waals surface area contributed by atoms with E-state index in [0.29, 0.717) is 6.54 Å². The first kappa shape index (κ1) is 15.1. The normalized spacial score (nSPS) is 11.8. The average molecular weight is 268 g/mol. The van der Waals surface area contributed by atoms with Crippen LogP contribution in [-0.2, 0) is 9.53 Å². The number of carbonyl (C=O) groups is 2. The van der Waals surface area contributed by atoms with Crippen LogP contribution in [0.15, 0.2) is 18.2 Å². The first-order valence-corrected chi connectivity index (χ1v) is 5.83. The van der Waals surface area contributed by atoms with Crippen LogP contribution in [0.4, 0.5) is 10.1 Å². The molecule has 0 saturated carbocycles. The molecule has 0 aromatic heterocycles. The quantitative estimate of drug-likeness (QED) is 0.792. The van der Waals surface area contributed by atoms with Gasteiger partial charge in [0.2, 0.25) is 5.91 Å². The van der Waals surface area contributed by atoms with E-state index in [2.05, 4.69) is 15.4 Å². The van der Waals surface area contributed by atoms with E-state index in [1.54, 1.807) is 14.0 Å². The van der Waals surface area contributed by atoms with E-state index in [0.717, 1.165) is 6.07 Å². The van der Waals surface area contributed by atoms with Crippen LogP contribution in [0.1, 0.15) is 17.3 Å². The predicted octanol–water partition coefficient (Wildman–Crippen LogP) is 1.41. The minimum Gasteiger partial charge on any atom is -0.465 e. The van der Waals surface area contributed by atoms with E-state index < -0.39 is 11.8 Å². The Kier molecular flexibility index (Phi) is 5.44. The van der Waals surface area contributed by atoms with Gasteiger partial charge in [0.15, 0.2) is 0 Å². The molecule has 0 heterocycles. The van der Waals surface area contributed by atoms with Crippen LogP contribution < -0.4 is 10.6 Å². The van der Waals surface area contributed by atoms with Gasteiger partial charge in [-0.15, -0.1) is 0 Å². The first-order valence-electron chi connectivity index (χ1n) is 5.83. The lowest BCUT2D eigenvalue weighted by atomic mass is 10.1. The molecule has 0 radical (unpaired) electrons. The molecule has 1 aromatic rings. The smallest absolute Gasteiger partial charge is 0.337 e. The molecule has 1 amide bonds.